The lowest BCUT2D eigenvalue weighted by Crippen LogP contribution is -2.25. The van der Waals surface area contributed by atoms with Crippen molar-refractivity contribution in [3.05, 3.63) is 65.5 Å². The van der Waals surface area contributed by atoms with E-state index in [0.29, 0.717) is 5.56 Å². The van der Waals surface area contributed by atoms with Crippen LogP contribution in [0.2, 0.25) is 0 Å². The molecule has 2 N–H and O–H groups in total. The van der Waals surface area contributed by atoms with Crippen LogP contribution in [-0.4, -0.2) is 18.7 Å². The number of carbonyl (C=O) groups is 1. The Hall–Kier alpha value is -2.69. The van der Waals surface area contributed by atoms with Crippen LogP contribution in [0.1, 0.15) is 11.1 Å². The van der Waals surface area contributed by atoms with Gasteiger partial charge in [0.25, 0.3) is 5.91 Å². The average molecular weight is 285 g/mol. The number of amides is 1. The second-order valence-corrected chi connectivity index (χ2v) is 4.56. The van der Waals surface area contributed by atoms with E-state index in [9.17, 15) is 9.18 Å². The molecule has 4 nitrogen and oxygen atoms in total. The van der Waals surface area contributed by atoms with Gasteiger partial charge < -0.3 is 5.32 Å². The van der Waals surface area contributed by atoms with E-state index in [0.717, 1.165) is 11.3 Å². The molecule has 108 valence electrons. The number of anilines is 1. The second-order valence-electron chi connectivity index (χ2n) is 4.56. The normalized spacial score (nSPS) is 10.6. The molecule has 2 aromatic rings. The van der Waals surface area contributed by atoms with Gasteiger partial charge in [0.05, 0.1) is 12.8 Å². The van der Waals surface area contributed by atoms with E-state index in [4.69, 9.17) is 0 Å². The van der Waals surface area contributed by atoms with E-state index < -0.39 is 0 Å². The first kappa shape index (κ1) is 14.7. The van der Waals surface area contributed by atoms with Crippen LogP contribution in [0, 0.1) is 12.7 Å². The van der Waals surface area contributed by atoms with E-state index in [2.05, 4.69) is 15.8 Å². The van der Waals surface area contributed by atoms with Crippen LogP contribution in [0.5, 0.6) is 0 Å². The van der Waals surface area contributed by atoms with Gasteiger partial charge in [-0.05, 0) is 36.8 Å². The van der Waals surface area contributed by atoms with Crippen LogP contribution < -0.4 is 10.7 Å². The maximum absolute atomic E-state index is 12.7. The lowest BCUT2D eigenvalue weighted by Gasteiger charge is -2.05. The highest BCUT2D eigenvalue weighted by molar-refractivity contribution is 5.84. The molecule has 0 unspecified atom stereocenters. The molecule has 21 heavy (non-hydrogen) atoms. The Bertz CT molecular complexity index is 621. The van der Waals surface area contributed by atoms with Gasteiger partial charge in [0.1, 0.15) is 5.82 Å². The monoisotopic (exact) mass is 285 g/mol. The number of hydrogen-bond acceptors (Lipinski definition) is 3. The van der Waals surface area contributed by atoms with Crippen molar-refractivity contribution >= 4 is 17.8 Å². The maximum Gasteiger partial charge on any atom is 0.259 e. The standard InChI is InChI=1S/C16H16FN3O/c1-12-2-8-15(9-3-12)18-11-16(21)20-19-10-13-4-6-14(17)7-5-13/h2-10,18H,11H2,1H3,(H,20,21). The van der Waals surface area contributed by atoms with Crippen LogP contribution in [0.3, 0.4) is 0 Å². The SMILES string of the molecule is Cc1ccc(NCC(=O)NN=Cc2ccc(F)cc2)cc1. The molecule has 0 aliphatic heterocycles. The van der Waals surface area contributed by atoms with Gasteiger partial charge in [0, 0.05) is 5.69 Å². The number of rotatable bonds is 5. The minimum atomic E-state index is -0.307. The van der Waals surface area contributed by atoms with Crippen LogP contribution in [0.25, 0.3) is 0 Å². The lowest BCUT2D eigenvalue weighted by atomic mass is 10.2. The van der Waals surface area contributed by atoms with Gasteiger partial charge in [-0.25, -0.2) is 9.82 Å². The molecule has 0 fully saturated rings. The van der Waals surface area contributed by atoms with E-state index in [-0.39, 0.29) is 18.3 Å². The van der Waals surface area contributed by atoms with E-state index in [1.54, 1.807) is 12.1 Å². The summed E-state index contributed by atoms with van der Waals surface area (Å²) >= 11 is 0. The smallest absolute Gasteiger partial charge is 0.259 e. The Balaban J connectivity index is 1.77. The van der Waals surface area contributed by atoms with Gasteiger partial charge in [-0.2, -0.15) is 5.10 Å². The van der Waals surface area contributed by atoms with Gasteiger partial charge in [0.2, 0.25) is 0 Å². The Kier molecular flexibility index (Phi) is 5.04. The summed E-state index contributed by atoms with van der Waals surface area (Å²) in [5.41, 5.74) is 5.15. The Labute approximate surface area is 122 Å². The summed E-state index contributed by atoms with van der Waals surface area (Å²) in [6, 6.07) is 13.6. The summed E-state index contributed by atoms with van der Waals surface area (Å²) in [4.78, 5) is 11.6. The van der Waals surface area contributed by atoms with Crippen LogP contribution >= 0.6 is 0 Å². The lowest BCUT2D eigenvalue weighted by molar-refractivity contribution is -0.119. The molecule has 0 aromatic heterocycles. The third-order valence-corrected chi connectivity index (χ3v) is 2.78. The predicted octanol–water partition coefficient (Wildman–Crippen LogP) is 2.70. The second kappa shape index (κ2) is 7.19. The number of hydrogen-bond donors (Lipinski definition) is 2. The molecule has 0 aliphatic carbocycles. The molecule has 0 heterocycles. The zero-order valence-electron chi connectivity index (χ0n) is 11.6. The van der Waals surface area contributed by atoms with Crippen molar-refractivity contribution < 1.29 is 9.18 Å². The zero-order valence-corrected chi connectivity index (χ0v) is 11.6. The van der Waals surface area contributed by atoms with Crippen LogP contribution in [0.15, 0.2) is 53.6 Å². The number of nitrogens with one attached hydrogen (secondary N) is 2. The van der Waals surface area contributed by atoms with Crippen molar-refractivity contribution in [1.82, 2.24) is 5.43 Å². The minimum absolute atomic E-state index is 0.129. The number of aryl methyl sites for hydroxylation is 1. The van der Waals surface area contributed by atoms with Crippen LogP contribution in [0.4, 0.5) is 10.1 Å². The summed E-state index contributed by atoms with van der Waals surface area (Å²) in [5.74, 6) is -0.563. The van der Waals surface area contributed by atoms with Gasteiger partial charge in [-0.1, -0.05) is 29.8 Å². The molecule has 0 radical (unpaired) electrons. The van der Waals surface area contributed by atoms with Gasteiger partial charge in [-0.3, -0.25) is 4.79 Å². The Morgan fingerprint density at radius 3 is 2.48 bits per heavy atom. The van der Waals surface area contributed by atoms with E-state index in [1.165, 1.54) is 18.3 Å². The van der Waals surface area contributed by atoms with Crippen molar-refractivity contribution in [3.63, 3.8) is 0 Å². The summed E-state index contributed by atoms with van der Waals surface area (Å²) in [6.45, 7) is 2.13. The third kappa shape index (κ3) is 5.06. The molecule has 5 heteroatoms. The fraction of sp³-hybridized carbons (Fsp3) is 0.125. The van der Waals surface area contributed by atoms with Gasteiger partial charge in [0.15, 0.2) is 0 Å². The molecule has 2 rings (SSSR count). The first-order valence-electron chi connectivity index (χ1n) is 6.51. The van der Waals surface area contributed by atoms with Crippen molar-refractivity contribution in [2.45, 2.75) is 6.92 Å². The highest BCUT2D eigenvalue weighted by atomic mass is 19.1. The summed E-state index contributed by atoms with van der Waals surface area (Å²) in [7, 11) is 0. The molecule has 0 saturated carbocycles. The number of carbonyl (C=O) groups excluding carboxylic acids is 1. The predicted molar refractivity (Wildman–Crippen MR) is 81.8 cm³/mol. The molecule has 0 saturated heterocycles. The molecular formula is C16H16FN3O. The highest BCUT2D eigenvalue weighted by Crippen LogP contribution is 2.07. The molecule has 1 amide bonds. The average Bonchev–Trinajstić information content (AvgIpc) is 2.49. The number of nitrogens with zero attached hydrogens (tertiary/aromatic N) is 1. The molecule has 0 spiro atoms. The molecule has 2 aromatic carbocycles. The third-order valence-electron chi connectivity index (χ3n) is 2.78. The van der Waals surface area contributed by atoms with Gasteiger partial charge >= 0.3 is 0 Å². The fourth-order valence-electron chi connectivity index (χ4n) is 1.62. The van der Waals surface area contributed by atoms with Crippen molar-refractivity contribution in [1.29, 1.82) is 0 Å². The fourth-order valence-corrected chi connectivity index (χ4v) is 1.62. The van der Waals surface area contributed by atoms with Crippen LogP contribution in [-0.2, 0) is 4.79 Å². The van der Waals surface area contributed by atoms with E-state index >= 15 is 0 Å². The van der Waals surface area contributed by atoms with Crippen molar-refractivity contribution in [2.24, 2.45) is 5.10 Å². The quantitative estimate of drug-likeness (QED) is 0.655. The topological polar surface area (TPSA) is 53.5 Å². The molecule has 0 aliphatic rings. The number of benzene rings is 2. The molecule has 0 atom stereocenters. The summed E-state index contributed by atoms with van der Waals surface area (Å²) < 4.78 is 12.7. The number of hydrazone groups is 1. The maximum atomic E-state index is 12.7. The zero-order chi connectivity index (χ0) is 15.1. The molecular weight excluding hydrogens is 269 g/mol. The Morgan fingerprint density at radius 1 is 1.14 bits per heavy atom. The molecule has 0 bridgehead atoms. The number of halogens is 1. The first-order valence-corrected chi connectivity index (χ1v) is 6.51. The summed E-state index contributed by atoms with van der Waals surface area (Å²) in [5, 5.41) is 6.80. The minimum Gasteiger partial charge on any atom is -0.376 e. The Morgan fingerprint density at radius 2 is 1.81 bits per heavy atom. The van der Waals surface area contributed by atoms with Crippen molar-refractivity contribution in [3.8, 4) is 0 Å². The highest BCUT2D eigenvalue weighted by Gasteiger charge is 1.99. The first-order chi connectivity index (χ1) is 10.1. The van der Waals surface area contributed by atoms with Crippen molar-refractivity contribution in [2.75, 3.05) is 11.9 Å². The van der Waals surface area contributed by atoms with E-state index in [1.807, 2.05) is 31.2 Å². The largest absolute Gasteiger partial charge is 0.376 e. The van der Waals surface area contributed by atoms with Gasteiger partial charge in [-0.15, -0.1) is 0 Å². The summed E-state index contributed by atoms with van der Waals surface area (Å²) in [6.07, 6.45) is 1.46.